The Balaban J connectivity index is 1.12. The highest BCUT2D eigenvalue weighted by Gasteiger charge is 2.39. The number of hydrogen-bond donors (Lipinski definition) is 1. The standard InChI is InChI=1S/C29H19BrN4O8S/c1-15-32-33-29(43-15)34-25(37)21-11-6-18(12-22(21)26(34)38)28(40)42-14-24(36)31-20-9-4-17(5-10-20)27(39)41-13-23(35)16-2-7-19(30)8-3-16/h2-12H,13-14H2,1H3,(H,31,36). The van der Waals surface area contributed by atoms with Crippen LogP contribution in [0.5, 0.6) is 0 Å². The largest absolute Gasteiger partial charge is 0.454 e. The maximum Gasteiger partial charge on any atom is 0.338 e. The number of rotatable bonds is 9. The fraction of sp³-hybridized carbons (Fsp3) is 0.103. The Kier molecular flexibility index (Phi) is 8.50. The molecule has 12 nitrogen and oxygen atoms in total. The highest BCUT2D eigenvalue weighted by atomic mass is 79.9. The van der Waals surface area contributed by atoms with Gasteiger partial charge in [0, 0.05) is 15.7 Å². The van der Waals surface area contributed by atoms with Gasteiger partial charge in [-0.2, -0.15) is 0 Å². The predicted molar refractivity (Wildman–Crippen MR) is 156 cm³/mol. The lowest BCUT2D eigenvalue weighted by molar-refractivity contribution is -0.119. The fourth-order valence-corrected chi connectivity index (χ4v) is 4.90. The van der Waals surface area contributed by atoms with Crippen LogP contribution in [0.15, 0.2) is 71.2 Å². The molecule has 5 rings (SSSR count). The molecule has 4 aromatic rings. The molecular weight excluding hydrogens is 644 g/mol. The van der Waals surface area contributed by atoms with Gasteiger partial charge in [-0.15, -0.1) is 10.2 Å². The number of fused-ring (bicyclic) bond motifs is 1. The summed E-state index contributed by atoms with van der Waals surface area (Å²) in [4.78, 5) is 75.9. The van der Waals surface area contributed by atoms with Gasteiger partial charge in [0.1, 0.15) is 5.01 Å². The zero-order chi connectivity index (χ0) is 30.7. The number of benzene rings is 3. The van der Waals surface area contributed by atoms with Crippen molar-refractivity contribution in [2.24, 2.45) is 0 Å². The van der Waals surface area contributed by atoms with E-state index in [1.807, 2.05) is 0 Å². The van der Waals surface area contributed by atoms with Gasteiger partial charge in [-0.25, -0.2) is 14.5 Å². The predicted octanol–water partition coefficient (Wildman–Crippen LogP) is 4.24. The molecule has 0 bridgehead atoms. The summed E-state index contributed by atoms with van der Waals surface area (Å²) in [6, 6.07) is 16.2. The van der Waals surface area contributed by atoms with Crippen LogP contribution in [-0.2, 0) is 14.3 Å². The van der Waals surface area contributed by atoms with Crippen molar-refractivity contribution in [1.82, 2.24) is 10.2 Å². The number of hydrogen-bond acceptors (Lipinski definition) is 11. The van der Waals surface area contributed by atoms with E-state index < -0.39 is 42.9 Å². The Bertz CT molecular complexity index is 1790. The zero-order valence-electron chi connectivity index (χ0n) is 22.2. The van der Waals surface area contributed by atoms with E-state index in [1.54, 1.807) is 31.2 Å². The number of anilines is 2. The average Bonchev–Trinajstić information content (AvgIpc) is 3.54. The number of ketones is 1. The van der Waals surface area contributed by atoms with E-state index in [4.69, 9.17) is 9.47 Å². The summed E-state index contributed by atoms with van der Waals surface area (Å²) in [5.41, 5.74) is 0.976. The van der Waals surface area contributed by atoms with Crippen LogP contribution in [-0.4, -0.2) is 58.9 Å². The molecule has 2 heterocycles. The molecule has 43 heavy (non-hydrogen) atoms. The first-order chi connectivity index (χ1) is 20.6. The second-order valence-corrected chi connectivity index (χ2v) is 11.1. The topological polar surface area (TPSA) is 162 Å². The molecule has 0 radical (unpaired) electrons. The van der Waals surface area contributed by atoms with Crippen molar-refractivity contribution in [3.8, 4) is 0 Å². The number of amides is 3. The molecule has 0 spiro atoms. The van der Waals surface area contributed by atoms with Crippen molar-refractivity contribution in [3.63, 3.8) is 0 Å². The first-order valence-electron chi connectivity index (χ1n) is 12.5. The van der Waals surface area contributed by atoms with E-state index in [2.05, 4.69) is 31.4 Å². The van der Waals surface area contributed by atoms with E-state index in [9.17, 15) is 28.8 Å². The van der Waals surface area contributed by atoms with Crippen molar-refractivity contribution in [1.29, 1.82) is 0 Å². The number of aryl methyl sites for hydroxylation is 1. The average molecular weight is 663 g/mol. The van der Waals surface area contributed by atoms with Gasteiger partial charge in [-0.1, -0.05) is 39.4 Å². The van der Waals surface area contributed by atoms with Gasteiger partial charge < -0.3 is 14.8 Å². The van der Waals surface area contributed by atoms with Gasteiger partial charge in [0.15, 0.2) is 19.0 Å². The van der Waals surface area contributed by atoms with Crippen LogP contribution in [0, 0.1) is 6.92 Å². The minimum atomic E-state index is -0.876. The van der Waals surface area contributed by atoms with Gasteiger partial charge in [-0.3, -0.25) is 19.2 Å². The Labute approximate surface area is 255 Å². The lowest BCUT2D eigenvalue weighted by Gasteiger charge is -2.08. The molecule has 3 aromatic carbocycles. The summed E-state index contributed by atoms with van der Waals surface area (Å²) in [6.45, 7) is 0.620. The van der Waals surface area contributed by atoms with Crippen molar-refractivity contribution in [2.75, 3.05) is 23.4 Å². The molecule has 216 valence electrons. The molecular formula is C29H19BrN4O8S. The molecule has 1 aliphatic heterocycles. The normalized spacial score (nSPS) is 12.1. The SMILES string of the molecule is Cc1nnc(N2C(=O)c3ccc(C(=O)OCC(=O)Nc4ccc(C(=O)OCC(=O)c5ccc(Br)cc5)cc4)cc3C2=O)s1. The summed E-state index contributed by atoms with van der Waals surface area (Å²) >= 11 is 4.36. The molecule has 1 aliphatic rings. The number of aromatic nitrogens is 2. The maximum absolute atomic E-state index is 12.8. The molecule has 1 aromatic heterocycles. The van der Waals surface area contributed by atoms with Crippen molar-refractivity contribution < 1.29 is 38.2 Å². The molecule has 0 saturated heterocycles. The third-order valence-electron chi connectivity index (χ3n) is 6.07. The van der Waals surface area contributed by atoms with Crippen molar-refractivity contribution >= 4 is 73.5 Å². The van der Waals surface area contributed by atoms with E-state index in [0.29, 0.717) is 16.3 Å². The van der Waals surface area contributed by atoms with E-state index in [-0.39, 0.29) is 33.2 Å². The van der Waals surface area contributed by atoms with Crippen molar-refractivity contribution in [2.45, 2.75) is 6.92 Å². The molecule has 1 N–H and O–H groups in total. The summed E-state index contributed by atoms with van der Waals surface area (Å²) < 4.78 is 11.0. The van der Waals surface area contributed by atoms with Crippen LogP contribution in [0.25, 0.3) is 0 Å². The number of carbonyl (C=O) groups is 6. The lowest BCUT2D eigenvalue weighted by Crippen LogP contribution is -2.29. The third-order valence-corrected chi connectivity index (χ3v) is 7.42. The van der Waals surface area contributed by atoms with Crippen LogP contribution in [0.1, 0.15) is 56.8 Å². The number of nitrogens with one attached hydrogen (secondary N) is 1. The van der Waals surface area contributed by atoms with E-state index >= 15 is 0 Å². The minimum absolute atomic E-state index is 0.00745. The van der Waals surface area contributed by atoms with E-state index in [0.717, 1.165) is 20.7 Å². The Hall–Kier alpha value is -5.08. The molecule has 14 heteroatoms. The second-order valence-electron chi connectivity index (χ2n) is 9.02. The quantitative estimate of drug-likeness (QED) is 0.156. The minimum Gasteiger partial charge on any atom is -0.454 e. The summed E-state index contributed by atoms with van der Waals surface area (Å²) in [7, 11) is 0. The van der Waals surface area contributed by atoms with Gasteiger partial charge in [0.05, 0.1) is 22.3 Å². The number of imide groups is 1. The Morgan fingerprint density at radius 1 is 0.791 bits per heavy atom. The highest BCUT2D eigenvalue weighted by Crippen LogP contribution is 2.31. The number of nitrogens with zero attached hydrogens (tertiary/aromatic N) is 3. The second kappa shape index (κ2) is 12.4. The summed E-state index contributed by atoms with van der Waals surface area (Å²) in [5, 5.41) is 10.9. The fourth-order valence-electron chi connectivity index (χ4n) is 3.95. The van der Waals surface area contributed by atoms with Crippen LogP contribution >= 0.6 is 27.3 Å². The highest BCUT2D eigenvalue weighted by molar-refractivity contribution is 9.10. The molecule has 0 fully saturated rings. The Morgan fingerprint density at radius 3 is 2.07 bits per heavy atom. The number of esters is 2. The number of halogens is 1. The first kappa shape index (κ1) is 29.4. The van der Waals surface area contributed by atoms with E-state index in [1.165, 1.54) is 42.5 Å². The van der Waals surface area contributed by atoms with Gasteiger partial charge in [0.25, 0.3) is 17.7 Å². The monoisotopic (exact) mass is 662 g/mol. The zero-order valence-corrected chi connectivity index (χ0v) is 24.6. The number of carbonyl (C=O) groups excluding carboxylic acids is 6. The van der Waals surface area contributed by atoms with Crippen LogP contribution in [0.4, 0.5) is 10.8 Å². The molecule has 3 amide bonds. The third kappa shape index (κ3) is 6.55. The molecule has 0 aliphatic carbocycles. The first-order valence-corrected chi connectivity index (χ1v) is 14.1. The molecule has 0 saturated carbocycles. The smallest absolute Gasteiger partial charge is 0.338 e. The number of ether oxygens (including phenoxy) is 2. The molecule has 0 unspecified atom stereocenters. The van der Waals surface area contributed by atoms with Crippen molar-refractivity contribution in [3.05, 3.63) is 104 Å². The number of Topliss-reactive ketones (excluding diaryl/α,β-unsaturated/α-hetero) is 1. The lowest BCUT2D eigenvalue weighted by atomic mass is 10.1. The summed E-state index contributed by atoms with van der Waals surface area (Å²) in [5.74, 6) is -3.83. The van der Waals surface area contributed by atoms with Crippen LogP contribution in [0.3, 0.4) is 0 Å². The van der Waals surface area contributed by atoms with Crippen LogP contribution in [0.2, 0.25) is 0 Å². The van der Waals surface area contributed by atoms with Crippen LogP contribution < -0.4 is 10.2 Å². The van der Waals surface area contributed by atoms with Gasteiger partial charge >= 0.3 is 11.9 Å². The van der Waals surface area contributed by atoms with Gasteiger partial charge in [0.2, 0.25) is 5.13 Å². The summed E-state index contributed by atoms with van der Waals surface area (Å²) in [6.07, 6.45) is 0. The van der Waals surface area contributed by atoms with Gasteiger partial charge in [-0.05, 0) is 61.5 Å². The maximum atomic E-state index is 12.8. The molecule has 0 atom stereocenters. The Morgan fingerprint density at radius 2 is 1.40 bits per heavy atom.